The van der Waals surface area contributed by atoms with Crippen molar-refractivity contribution in [1.29, 1.82) is 0 Å². The molecule has 2 aliphatic rings. The Labute approximate surface area is 210 Å². The van der Waals surface area contributed by atoms with Crippen LogP contribution in [0.25, 0.3) is 0 Å². The molecule has 0 N–H and O–H groups in total. The molecule has 4 atom stereocenters. The number of ether oxygens (including phenoxy) is 2. The van der Waals surface area contributed by atoms with Crippen molar-refractivity contribution in [3.05, 3.63) is 84.6 Å². The molecule has 4 rings (SSSR count). The highest BCUT2D eigenvalue weighted by atomic mass is 16.6. The molecule has 2 aromatic carbocycles. The largest absolute Gasteiger partial charge is 0.457 e. The van der Waals surface area contributed by atoms with Crippen LogP contribution in [0, 0.1) is 11.8 Å². The van der Waals surface area contributed by atoms with Gasteiger partial charge in [0.15, 0.2) is 0 Å². The van der Waals surface area contributed by atoms with E-state index < -0.39 is 0 Å². The lowest BCUT2D eigenvalue weighted by molar-refractivity contribution is -0.0159. The van der Waals surface area contributed by atoms with Gasteiger partial charge in [0.25, 0.3) is 0 Å². The number of rotatable bonds is 7. The molecule has 4 heteroatoms. The smallest absolute Gasteiger partial charge is 0.414 e. The molecule has 186 valence electrons. The Balaban J connectivity index is 1.49. The van der Waals surface area contributed by atoms with Crippen molar-refractivity contribution in [3.63, 3.8) is 0 Å². The van der Waals surface area contributed by atoms with Crippen LogP contribution in [-0.4, -0.2) is 23.1 Å². The van der Waals surface area contributed by atoms with E-state index >= 15 is 0 Å². The lowest BCUT2D eigenvalue weighted by atomic mass is 9.64. The van der Waals surface area contributed by atoms with Crippen molar-refractivity contribution in [2.24, 2.45) is 11.8 Å². The molecule has 1 heterocycles. The van der Waals surface area contributed by atoms with Crippen molar-refractivity contribution >= 4 is 6.09 Å². The van der Waals surface area contributed by atoms with E-state index in [2.05, 4.69) is 45.9 Å². The number of hydrogen-bond acceptors (Lipinski definition) is 3. The summed E-state index contributed by atoms with van der Waals surface area (Å²) in [4.78, 5) is 15.1. The molecular weight excluding hydrogens is 434 g/mol. The maximum atomic E-state index is 13.3. The second-order valence-electron chi connectivity index (χ2n) is 10.6. The summed E-state index contributed by atoms with van der Waals surface area (Å²) in [5, 5.41) is 0. The standard InChI is InChI=1S/C31H39NO3/c1-5-11-25-12-9-10-21-32(25)30(33)35-29-22-23(2)15-20-28(29)31(3,4)24-16-18-27(19-17-24)34-26-13-7-6-8-14-26/h6-10,12-14,16-19,21,23,25,28-29H,5,11,15,20,22H2,1-4H3/t23?,25-,28?,29?/m1/s1. The normalized spacial score (nSPS) is 24.3. The zero-order valence-electron chi connectivity index (χ0n) is 21.5. The summed E-state index contributed by atoms with van der Waals surface area (Å²) in [5.41, 5.74) is 1.10. The molecule has 1 amide bonds. The van der Waals surface area contributed by atoms with Crippen LogP contribution in [0.5, 0.6) is 11.5 Å². The minimum absolute atomic E-state index is 0.0714. The van der Waals surface area contributed by atoms with E-state index in [4.69, 9.17) is 9.47 Å². The van der Waals surface area contributed by atoms with Crippen molar-refractivity contribution in [1.82, 2.24) is 4.90 Å². The van der Waals surface area contributed by atoms with E-state index in [1.165, 1.54) is 5.56 Å². The third kappa shape index (κ3) is 5.98. The highest BCUT2D eigenvalue weighted by Gasteiger charge is 2.42. The van der Waals surface area contributed by atoms with Crippen molar-refractivity contribution < 1.29 is 14.3 Å². The molecule has 0 bridgehead atoms. The molecule has 35 heavy (non-hydrogen) atoms. The molecular formula is C31H39NO3. The fourth-order valence-corrected chi connectivity index (χ4v) is 5.53. The Kier molecular flexibility index (Phi) is 8.00. The first-order valence-corrected chi connectivity index (χ1v) is 13.1. The Morgan fingerprint density at radius 1 is 1.00 bits per heavy atom. The fourth-order valence-electron chi connectivity index (χ4n) is 5.53. The minimum atomic E-state index is -0.226. The van der Waals surface area contributed by atoms with Crippen LogP contribution < -0.4 is 4.74 Å². The first kappa shape index (κ1) is 25.1. The van der Waals surface area contributed by atoms with Gasteiger partial charge in [0.1, 0.15) is 17.6 Å². The molecule has 2 aromatic rings. The number of benzene rings is 2. The number of nitrogens with zero attached hydrogens (tertiary/aromatic N) is 1. The second kappa shape index (κ2) is 11.2. The molecule has 1 fully saturated rings. The molecule has 0 spiro atoms. The zero-order chi connectivity index (χ0) is 24.8. The van der Waals surface area contributed by atoms with Gasteiger partial charge in [0.05, 0.1) is 6.04 Å². The highest BCUT2D eigenvalue weighted by Crippen LogP contribution is 2.44. The van der Waals surface area contributed by atoms with E-state index in [-0.39, 0.29) is 29.6 Å². The molecule has 0 radical (unpaired) electrons. The van der Waals surface area contributed by atoms with Gasteiger partial charge in [-0.3, -0.25) is 4.90 Å². The summed E-state index contributed by atoms with van der Waals surface area (Å²) >= 11 is 0. The van der Waals surface area contributed by atoms with E-state index in [1.807, 2.05) is 60.8 Å². The van der Waals surface area contributed by atoms with Gasteiger partial charge < -0.3 is 9.47 Å². The van der Waals surface area contributed by atoms with Crippen molar-refractivity contribution in [3.8, 4) is 11.5 Å². The van der Waals surface area contributed by atoms with E-state index in [9.17, 15) is 4.79 Å². The Morgan fingerprint density at radius 3 is 2.43 bits per heavy atom. The maximum absolute atomic E-state index is 13.3. The number of carbonyl (C=O) groups excluding carboxylic acids is 1. The van der Waals surface area contributed by atoms with Gasteiger partial charge in [-0.15, -0.1) is 0 Å². The summed E-state index contributed by atoms with van der Waals surface area (Å²) in [6.07, 6.45) is 12.6. The summed E-state index contributed by atoms with van der Waals surface area (Å²) in [6, 6.07) is 18.3. The van der Waals surface area contributed by atoms with Crippen LogP contribution in [0.3, 0.4) is 0 Å². The topological polar surface area (TPSA) is 38.8 Å². The quantitative estimate of drug-likeness (QED) is 0.406. The Morgan fingerprint density at radius 2 is 1.71 bits per heavy atom. The van der Waals surface area contributed by atoms with Crippen molar-refractivity contribution in [2.45, 2.75) is 77.4 Å². The zero-order valence-corrected chi connectivity index (χ0v) is 21.5. The second-order valence-corrected chi connectivity index (χ2v) is 10.6. The average Bonchev–Trinajstić information content (AvgIpc) is 2.85. The predicted molar refractivity (Wildman–Crippen MR) is 142 cm³/mol. The fraction of sp³-hybridized carbons (Fsp3) is 0.452. The molecule has 1 aliphatic carbocycles. The SMILES string of the molecule is CCC[C@@H]1C=CC=CN1C(=O)OC1CC(C)CCC1C(C)(C)c1ccc(Oc2ccccc2)cc1. The van der Waals surface area contributed by atoms with Gasteiger partial charge in [0.2, 0.25) is 0 Å². The Hall–Kier alpha value is -3.01. The van der Waals surface area contributed by atoms with Crippen LogP contribution in [0.2, 0.25) is 0 Å². The Bertz CT molecular complexity index is 1020. The van der Waals surface area contributed by atoms with E-state index in [0.29, 0.717) is 5.92 Å². The van der Waals surface area contributed by atoms with Crippen LogP contribution in [0.15, 0.2) is 79.0 Å². The minimum Gasteiger partial charge on any atom is -0.457 e. The number of allylic oxidation sites excluding steroid dienone is 2. The maximum Gasteiger partial charge on any atom is 0.414 e. The van der Waals surface area contributed by atoms with Gasteiger partial charge in [0, 0.05) is 12.1 Å². The molecule has 4 nitrogen and oxygen atoms in total. The first-order chi connectivity index (χ1) is 16.9. The third-order valence-corrected chi connectivity index (χ3v) is 7.65. The van der Waals surface area contributed by atoms with E-state index in [1.54, 1.807) is 4.90 Å². The van der Waals surface area contributed by atoms with Crippen molar-refractivity contribution in [2.75, 3.05) is 0 Å². The third-order valence-electron chi connectivity index (χ3n) is 7.65. The van der Waals surface area contributed by atoms with Crippen LogP contribution in [0.4, 0.5) is 4.79 Å². The first-order valence-electron chi connectivity index (χ1n) is 13.1. The number of amides is 1. The van der Waals surface area contributed by atoms with Gasteiger partial charge in [-0.25, -0.2) is 4.79 Å². The molecule has 0 saturated heterocycles. The van der Waals surface area contributed by atoms with Crippen LogP contribution >= 0.6 is 0 Å². The lowest BCUT2D eigenvalue weighted by Gasteiger charge is -2.44. The number of hydrogen-bond donors (Lipinski definition) is 0. The molecule has 1 aliphatic heterocycles. The van der Waals surface area contributed by atoms with Gasteiger partial charge in [-0.1, -0.05) is 83.0 Å². The summed E-state index contributed by atoms with van der Waals surface area (Å²) in [5.74, 6) is 2.45. The molecule has 0 aromatic heterocycles. The molecule has 3 unspecified atom stereocenters. The highest BCUT2D eigenvalue weighted by molar-refractivity contribution is 5.70. The van der Waals surface area contributed by atoms with Gasteiger partial charge in [-0.05, 0) is 66.5 Å². The average molecular weight is 474 g/mol. The molecule has 1 saturated carbocycles. The number of para-hydroxylation sites is 1. The van der Waals surface area contributed by atoms with Gasteiger partial charge >= 0.3 is 6.09 Å². The van der Waals surface area contributed by atoms with E-state index in [0.717, 1.165) is 43.6 Å². The summed E-state index contributed by atoms with van der Waals surface area (Å²) in [6.45, 7) is 8.98. The van der Waals surface area contributed by atoms with Gasteiger partial charge in [-0.2, -0.15) is 0 Å². The predicted octanol–water partition coefficient (Wildman–Crippen LogP) is 8.25. The van der Waals surface area contributed by atoms with Crippen LogP contribution in [0.1, 0.15) is 65.4 Å². The number of carbonyl (C=O) groups is 1. The summed E-state index contributed by atoms with van der Waals surface area (Å²) < 4.78 is 12.3. The van der Waals surface area contributed by atoms with Crippen LogP contribution in [-0.2, 0) is 10.2 Å². The summed E-state index contributed by atoms with van der Waals surface area (Å²) in [7, 11) is 0. The monoisotopic (exact) mass is 473 g/mol. The lowest BCUT2D eigenvalue weighted by Crippen LogP contribution is -2.46.